The molecule has 0 spiro atoms. The zero-order valence-electron chi connectivity index (χ0n) is 12.5. The van der Waals surface area contributed by atoms with E-state index < -0.39 is 0 Å². The van der Waals surface area contributed by atoms with Gasteiger partial charge in [-0.3, -0.25) is 10.1 Å². The quantitative estimate of drug-likeness (QED) is 0.674. The molecule has 0 bridgehead atoms. The average Bonchev–Trinajstić information content (AvgIpc) is 2.46. The van der Waals surface area contributed by atoms with Gasteiger partial charge in [-0.05, 0) is 36.2 Å². The van der Waals surface area contributed by atoms with Crippen molar-refractivity contribution in [2.75, 3.05) is 24.3 Å². The van der Waals surface area contributed by atoms with Crippen molar-refractivity contribution in [3.8, 4) is 0 Å². The molecule has 0 saturated carbocycles. The Morgan fingerprint density at radius 2 is 1.95 bits per heavy atom. The first kappa shape index (κ1) is 14.8. The van der Waals surface area contributed by atoms with Crippen LogP contribution >= 0.6 is 0 Å². The Bertz CT molecular complexity index is 654. The first-order chi connectivity index (χ1) is 9.97. The molecule has 1 N–H and O–H groups in total. The molecule has 110 valence electrons. The maximum atomic E-state index is 11.1. The summed E-state index contributed by atoms with van der Waals surface area (Å²) in [5, 5.41) is 14.2. The Labute approximate surface area is 124 Å². The number of nitro benzene ring substituents is 1. The average molecular weight is 285 g/mol. The topological polar surface area (TPSA) is 58.4 Å². The molecule has 0 fully saturated rings. The monoisotopic (exact) mass is 285 g/mol. The normalized spacial score (nSPS) is 10.2. The predicted molar refractivity (Wildman–Crippen MR) is 85.9 cm³/mol. The third-order valence-electron chi connectivity index (χ3n) is 3.26. The van der Waals surface area contributed by atoms with Crippen molar-refractivity contribution in [1.29, 1.82) is 0 Å². The van der Waals surface area contributed by atoms with E-state index in [9.17, 15) is 10.1 Å². The van der Waals surface area contributed by atoms with Crippen molar-refractivity contribution >= 4 is 17.1 Å². The summed E-state index contributed by atoms with van der Waals surface area (Å²) < 4.78 is 0. The molecule has 0 saturated heterocycles. The standard InChI is InChI=1S/C16H19N3O2/c1-12-7-8-15(16(9-12)19(20)21)17-11-13-5-4-6-14(10-13)18(2)3/h4-10,17H,11H2,1-3H3. The highest BCUT2D eigenvalue weighted by Gasteiger charge is 2.13. The summed E-state index contributed by atoms with van der Waals surface area (Å²) in [6.07, 6.45) is 0. The second-order valence-electron chi connectivity index (χ2n) is 5.20. The van der Waals surface area contributed by atoms with Crippen LogP contribution in [0.15, 0.2) is 42.5 Å². The lowest BCUT2D eigenvalue weighted by molar-refractivity contribution is -0.384. The van der Waals surface area contributed by atoms with Crippen molar-refractivity contribution in [3.63, 3.8) is 0 Å². The summed E-state index contributed by atoms with van der Waals surface area (Å²) in [7, 11) is 3.97. The summed E-state index contributed by atoms with van der Waals surface area (Å²) in [6, 6.07) is 13.3. The number of nitrogens with one attached hydrogen (secondary N) is 1. The molecule has 0 aliphatic rings. The van der Waals surface area contributed by atoms with Crippen LogP contribution in [0.1, 0.15) is 11.1 Å². The first-order valence-corrected chi connectivity index (χ1v) is 6.72. The van der Waals surface area contributed by atoms with Crippen molar-refractivity contribution < 1.29 is 4.92 Å². The number of rotatable bonds is 5. The molecule has 0 amide bonds. The van der Waals surface area contributed by atoms with Gasteiger partial charge in [0.1, 0.15) is 5.69 Å². The summed E-state index contributed by atoms with van der Waals surface area (Å²) in [5.74, 6) is 0. The maximum Gasteiger partial charge on any atom is 0.292 e. The molecule has 5 nitrogen and oxygen atoms in total. The molecule has 0 atom stereocenters. The van der Waals surface area contributed by atoms with Crippen molar-refractivity contribution in [1.82, 2.24) is 0 Å². The molecular weight excluding hydrogens is 266 g/mol. The Kier molecular flexibility index (Phi) is 4.42. The van der Waals surface area contributed by atoms with Crippen LogP contribution in [0.2, 0.25) is 0 Å². The number of nitrogens with zero attached hydrogens (tertiary/aromatic N) is 2. The lowest BCUT2D eigenvalue weighted by atomic mass is 10.1. The van der Waals surface area contributed by atoms with Gasteiger partial charge >= 0.3 is 0 Å². The number of nitro groups is 1. The van der Waals surface area contributed by atoms with E-state index in [0.29, 0.717) is 12.2 Å². The fourth-order valence-electron chi connectivity index (χ4n) is 2.08. The SMILES string of the molecule is Cc1ccc(NCc2cccc(N(C)C)c2)c([N+](=O)[O-])c1. The van der Waals surface area contributed by atoms with Gasteiger partial charge in [-0.15, -0.1) is 0 Å². The maximum absolute atomic E-state index is 11.1. The van der Waals surface area contributed by atoms with Gasteiger partial charge in [0.05, 0.1) is 4.92 Å². The minimum Gasteiger partial charge on any atom is -0.378 e. The van der Waals surface area contributed by atoms with Crippen LogP contribution in [-0.4, -0.2) is 19.0 Å². The van der Waals surface area contributed by atoms with Gasteiger partial charge in [-0.2, -0.15) is 0 Å². The third kappa shape index (κ3) is 3.72. The van der Waals surface area contributed by atoms with Crippen molar-refractivity contribution in [2.24, 2.45) is 0 Å². The molecule has 0 unspecified atom stereocenters. The molecule has 0 heterocycles. The van der Waals surface area contributed by atoms with Crippen LogP contribution in [0.4, 0.5) is 17.1 Å². The number of hydrogen-bond donors (Lipinski definition) is 1. The summed E-state index contributed by atoms with van der Waals surface area (Å²) >= 11 is 0. The lowest BCUT2D eigenvalue weighted by Gasteiger charge is -2.14. The molecule has 0 aliphatic heterocycles. The van der Waals surface area contributed by atoms with E-state index in [-0.39, 0.29) is 10.6 Å². The van der Waals surface area contributed by atoms with Crippen LogP contribution in [0.5, 0.6) is 0 Å². The van der Waals surface area contributed by atoms with Crippen molar-refractivity contribution in [2.45, 2.75) is 13.5 Å². The molecule has 0 aliphatic carbocycles. The fourth-order valence-corrected chi connectivity index (χ4v) is 2.08. The van der Waals surface area contributed by atoms with Gasteiger partial charge in [0.2, 0.25) is 0 Å². The number of benzene rings is 2. The second kappa shape index (κ2) is 6.26. The van der Waals surface area contributed by atoms with Crippen LogP contribution in [0, 0.1) is 17.0 Å². The van der Waals surface area contributed by atoms with E-state index in [1.807, 2.05) is 50.2 Å². The molecule has 2 aromatic rings. The van der Waals surface area contributed by atoms with Gasteiger partial charge in [0.25, 0.3) is 5.69 Å². The number of aryl methyl sites for hydroxylation is 1. The largest absolute Gasteiger partial charge is 0.378 e. The van der Waals surface area contributed by atoms with E-state index in [1.54, 1.807) is 12.1 Å². The zero-order chi connectivity index (χ0) is 15.4. The fraction of sp³-hybridized carbons (Fsp3) is 0.250. The van der Waals surface area contributed by atoms with Crippen LogP contribution < -0.4 is 10.2 Å². The molecule has 21 heavy (non-hydrogen) atoms. The minimum absolute atomic E-state index is 0.110. The first-order valence-electron chi connectivity index (χ1n) is 6.72. The minimum atomic E-state index is -0.356. The zero-order valence-corrected chi connectivity index (χ0v) is 12.5. The lowest BCUT2D eigenvalue weighted by Crippen LogP contribution is -2.09. The van der Waals surface area contributed by atoms with Crippen LogP contribution in [-0.2, 0) is 6.54 Å². The van der Waals surface area contributed by atoms with Crippen LogP contribution in [0.25, 0.3) is 0 Å². The number of anilines is 2. The summed E-state index contributed by atoms with van der Waals surface area (Å²) in [4.78, 5) is 12.8. The molecule has 5 heteroatoms. The van der Waals surface area contributed by atoms with Gasteiger partial charge in [0, 0.05) is 32.4 Å². The number of hydrogen-bond acceptors (Lipinski definition) is 4. The Balaban J connectivity index is 2.17. The van der Waals surface area contributed by atoms with Gasteiger partial charge < -0.3 is 10.2 Å². The molecule has 2 aromatic carbocycles. The third-order valence-corrected chi connectivity index (χ3v) is 3.26. The molecular formula is C16H19N3O2. The van der Waals surface area contributed by atoms with E-state index in [1.165, 1.54) is 0 Å². The molecule has 0 radical (unpaired) electrons. The highest BCUT2D eigenvalue weighted by atomic mass is 16.6. The predicted octanol–water partition coefficient (Wildman–Crippen LogP) is 3.58. The summed E-state index contributed by atoms with van der Waals surface area (Å²) in [6.45, 7) is 2.39. The van der Waals surface area contributed by atoms with Gasteiger partial charge in [-0.25, -0.2) is 0 Å². The highest BCUT2D eigenvalue weighted by molar-refractivity contribution is 5.62. The van der Waals surface area contributed by atoms with Crippen molar-refractivity contribution in [3.05, 3.63) is 63.7 Å². The summed E-state index contributed by atoms with van der Waals surface area (Å²) in [5.41, 5.74) is 3.71. The smallest absolute Gasteiger partial charge is 0.292 e. The van der Waals surface area contributed by atoms with Gasteiger partial charge in [-0.1, -0.05) is 18.2 Å². The molecule has 2 rings (SSSR count). The highest BCUT2D eigenvalue weighted by Crippen LogP contribution is 2.26. The van der Waals surface area contributed by atoms with E-state index in [4.69, 9.17) is 0 Å². The molecule has 0 aromatic heterocycles. The Morgan fingerprint density at radius 1 is 1.19 bits per heavy atom. The van der Waals surface area contributed by atoms with Crippen LogP contribution in [0.3, 0.4) is 0 Å². The van der Waals surface area contributed by atoms with E-state index in [2.05, 4.69) is 11.4 Å². The van der Waals surface area contributed by atoms with E-state index in [0.717, 1.165) is 16.8 Å². The van der Waals surface area contributed by atoms with Gasteiger partial charge in [0.15, 0.2) is 0 Å². The Morgan fingerprint density at radius 3 is 2.62 bits per heavy atom. The Hall–Kier alpha value is -2.56. The van der Waals surface area contributed by atoms with E-state index >= 15 is 0 Å². The second-order valence-corrected chi connectivity index (χ2v) is 5.20.